The van der Waals surface area contributed by atoms with Crippen LogP contribution in [0.3, 0.4) is 0 Å². The molecule has 0 aliphatic heterocycles. The number of methoxy groups -OCH3 is 1. The highest BCUT2D eigenvalue weighted by Crippen LogP contribution is 2.23. The Morgan fingerprint density at radius 2 is 1.77 bits per heavy atom. The van der Waals surface area contributed by atoms with Crippen molar-refractivity contribution in [2.75, 3.05) is 20.3 Å². The Morgan fingerprint density at radius 1 is 1.06 bits per heavy atom. The number of pyridine rings is 1. The van der Waals surface area contributed by atoms with Crippen LogP contribution in [0.1, 0.15) is 75.1 Å². The average molecular weight is 480 g/mol. The number of ether oxygens (including phenoxy) is 1. The Morgan fingerprint density at radius 3 is 2.34 bits per heavy atom. The van der Waals surface area contributed by atoms with Gasteiger partial charge >= 0.3 is 0 Å². The quantitative estimate of drug-likeness (QED) is 0.383. The van der Waals surface area contributed by atoms with Crippen molar-refractivity contribution in [3.05, 3.63) is 71.7 Å². The summed E-state index contributed by atoms with van der Waals surface area (Å²) in [6.45, 7) is 11.8. The Balaban J connectivity index is 0.000000540. The number of imidazole rings is 1. The second-order valence-corrected chi connectivity index (χ2v) is 9.67. The fraction of sp³-hybridized carbons (Fsp3) is 0.483. The Hall–Kier alpha value is -2.99. The van der Waals surface area contributed by atoms with Gasteiger partial charge in [-0.25, -0.2) is 4.98 Å². The van der Waals surface area contributed by atoms with Gasteiger partial charge in [-0.1, -0.05) is 70.5 Å². The van der Waals surface area contributed by atoms with Crippen LogP contribution in [-0.2, 0) is 16.0 Å². The number of amides is 1. The molecular formula is C29H41N3O3. The monoisotopic (exact) mass is 479 g/mol. The summed E-state index contributed by atoms with van der Waals surface area (Å²) in [5, 5.41) is 3.09. The Kier molecular flexibility index (Phi) is 11.6. The summed E-state index contributed by atoms with van der Waals surface area (Å²) in [6.07, 6.45) is 4.26. The van der Waals surface area contributed by atoms with E-state index in [1.165, 1.54) is 18.9 Å². The van der Waals surface area contributed by atoms with E-state index in [2.05, 4.69) is 50.1 Å². The molecule has 6 heteroatoms. The van der Waals surface area contributed by atoms with Crippen molar-refractivity contribution in [3.8, 4) is 0 Å². The molecule has 35 heavy (non-hydrogen) atoms. The lowest BCUT2D eigenvalue weighted by Crippen LogP contribution is -2.30. The third kappa shape index (κ3) is 9.29. The van der Waals surface area contributed by atoms with Crippen LogP contribution in [0.5, 0.6) is 0 Å². The van der Waals surface area contributed by atoms with E-state index in [0.717, 1.165) is 18.9 Å². The molecule has 0 aliphatic carbocycles. The zero-order valence-electron chi connectivity index (χ0n) is 22.1. The molecule has 3 rings (SSSR count). The molecule has 0 saturated heterocycles. The highest BCUT2D eigenvalue weighted by Gasteiger charge is 2.17. The lowest BCUT2D eigenvalue weighted by atomic mass is 9.90. The molecule has 0 aliphatic rings. The third-order valence-electron chi connectivity index (χ3n) is 5.89. The van der Waals surface area contributed by atoms with E-state index >= 15 is 0 Å². The first kappa shape index (κ1) is 28.2. The van der Waals surface area contributed by atoms with Gasteiger partial charge in [0.1, 0.15) is 17.1 Å². The molecule has 0 radical (unpaired) electrons. The van der Waals surface area contributed by atoms with E-state index in [0.29, 0.717) is 29.5 Å². The van der Waals surface area contributed by atoms with Crippen LogP contribution in [0.2, 0.25) is 0 Å². The first-order valence-corrected chi connectivity index (χ1v) is 12.5. The number of nitrogens with zero attached hydrogens (tertiary/aromatic N) is 2. The first-order valence-electron chi connectivity index (χ1n) is 12.5. The summed E-state index contributed by atoms with van der Waals surface area (Å²) in [6, 6.07) is 15.7. The number of hydrogen-bond donors (Lipinski definition) is 1. The van der Waals surface area contributed by atoms with E-state index < -0.39 is 0 Å². The molecule has 0 saturated carbocycles. The van der Waals surface area contributed by atoms with E-state index in [1.807, 2.05) is 30.3 Å². The molecule has 6 nitrogen and oxygen atoms in total. The van der Waals surface area contributed by atoms with E-state index in [-0.39, 0.29) is 24.0 Å². The molecule has 1 amide bonds. The lowest BCUT2D eigenvalue weighted by molar-refractivity contribution is -0.116. The molecule has 2 atom stereocenters. The van der Waals surface area contributed by atoms with E-state index in [1.54, 1.807) is 23.8 Å². The smallest absolute Gasteiger partial charge is 0.268 e. The summed E-state index contributed by atoms with van der Waals surface area (Å²) < 4.78 is 6.65. The zero-order chi connectivity index (χ0) is 25.8. The standard InChI is InChI=1S/C23H27N3O2.C6H14O/c1-16(2)12-19(18-8-5-4-6-9-18)14-24-23(28)21-10-7-11-22-25-20(13-17(3)27)15-26(21)22;1-4-6(2)5-7-3/h4-11,15-16,19H,12-14H2,1-3H3,(H,24,28);6H,4-5H2,1-3H3. The van der Waals surface area contributed by atoms with Crippen LogP contribution in [-0.4, -0.2) is 41.3 Å². The number of benzene rings is 1. The SMILES string of the molecule is CC(=O)Cc1cn2c(C(=O)NCC(CC(C)C)c3ccccc3)cccc2n1.CCC(C)COC. The molecule has 3 aromatic rings. The predicted octanol–water partition coefficient (Wildman–Crippen LogP) is 5.70. The minimum atomic E-state index is -0.137. The van der Waals surface area contributed by atoms with Crippen molar-refractivity contribution in [1.29, 1.82) is 0 Å². The van der Waals surface area contributed by atoms with Crippen molar-refractivity contribution >= 4 is 17.3 Å². The third-order valence-corrected chi connectivity index (χ3v) is 5.89. The zero-order valence-corrected chi connectivity index (χ0v) is 22.1. The second-order valence-electron chi connectivity index (χ2n) is 9.67. The maximum atomic E-state index is 12.9. The molecule has 2 heterocycles. The van der Waals surface area contributed by atoms with Gasteiger partial charge in [-0.05, 0) is 42.9 Å². The second kappa shape index (κ2) is 14.4. The number of hydrogen-bond acceptors (Lipinski definition) is 4. The summed E-state index contributed by atoms with van der Waals surface area (Å²) >= 11 is 0. The highest BCUT2D eigenvalue weighted by atomic mass is 16.5. The van der Waals surface area contributed by atoms with Gasteiger partial charge in [0.25, 0.3) is 5.91 Å². The fourth-order valence-corrected chi connectivity index (χ4v) is 3.93. The van der Waals surface area contributed by atoms with Crippen LogP contribution >= 0.6 is 0 Å². The van der Waals surface area contributed by atoms with Crippen LogP contribution in [0.15, 0.2) is 54.7 Å². The fourth-order valence-electron chi connectivity index (χ4n) is 3.93. The van der Waals surface area contributed by atoms with Gasteiger partial charge in [0.15, 0.2) is 0 Å². The van der Waals surface area contributed by atoms with Gasteiger partial charge in [0.05, 0.1) is 5.69 Å². The number of aromatic nitrogens is 2. The summed E-state index contributed by atoms with van der Waals surface area (Å²) in [7, 11) is 1.74. The van der Waals surface area contributed by atoms with Crippen LogP contribution in [0.4, 0.5) is 0 Å². The lowest BCUT2D eigenvalue weighted by Gasteiger charge is -2.20. The average Bonchev–Trinajstić information content (AvgIpc) is 3.24. The van der Waals surface area contributed by atoms with Gasteiger partial charge in [0, 0.05) is 38.8 Å². The number of nitrogens with one attached hydrogen (secondary N) is 1. The number of fused-ring (bicyclic) bond motifs is 1. The minimum absolute atomic E-state index is 0.0498. The van der Waals surface area contributed by atoms with Gasteiger partial charge in [-0.2, -0.15) is 0 Å². The van der Waals surface area contributed by atoms with Crippen molar-refractivity contribution < 1.29 is 14.3 Å². The summed E-state index contributed by atoms with van der Waals surface area (Å²) in [4.78, 5) is 28.7. The number of carbonyl (C=O) groups excluding carboxylic acids is 2. The Bertz CT molecular complexity index is 1060. The van der Waals surface area contributed by atoms with Gasteiger partial charge in [0.2, 0.25) is 0 Å². The molecule has 1 N–H and O–H groups in total. The molecular weight excluding hydrogens is 438 g/mol. The molecule has 190 valence electrons. The first-order chi connectivity index (χ1) is 16.7. The van der Waals surface area contributed by atoms with Gasteiger partial charge in [-0.15, -0.1) is 0 Å². The number of rotatable bonds is 11. The molecule has 1 aromatic carbocycles. The molecule has 0 bridgehead atoms. The maximum Gasteiger partial charge on any atom is 0.268 e. The summed E-state index contributed by atoms with van der Waals surface area (Å²) in [5.41, 5.74) is 3.11. The van der Waals surface area contributed by atoms with Crippen LogP contribution in [0.25, 0.3) is 5.65 Å². The largest absolute Gasteiger partial charge is 0.384 e. The van der Waals surface area contributed by atoms with Gasteiger partial charge < -0.3 is 10.1 Å². The van der Waals surface area contributed by atoms with Crippen LogP contribution < -0.4 is 5.32 Å². The molecule has 0 spiro atoms. The van der Waals surface area contributed by atoms with Crippen molar-refractivity contribution in [2.24, 2.45) is 11.8 Å². The van der Waals surface area contributed by atoms with E-state index in [9.17, 15) is 9.59 Å². The van der Waals surface area contributed by atoms with E-state index in [4.69, 9.17) is 4.74 Å². The predicted molar refractivity (Wildman–Crippen MR) is 142 cm³/mol. The number of Topliss-reactive ketones (excluding diaryl/α,β-unsaturated/α-hetero) is 1. The minimum Gasteiger partial charge on any atom is -0.384 e. The topological polar surface area (TPSA) is 72.7 Å². The molecule has 0 fully saturated rings. The number of ketones is 1. The molecule has 2 aromatic heterocycles. The maximum absolute atomic E-state index is 12.9. The van der Waals surface area contributed by atoms with Gasteiger partial charge in [-0.3, -0.25) is 14.0 Å². The normalized spacial score (nSPS) is 12.7. The Labute approximate surface area is 210 Å². The van der Waals surface area contributed by atoms with Crippen LogP contribution in [0, 0.1) is 11.8 Å². The van der Waals surface area contributed by atoms with Crippen molar-refractivity contribution in [3.63, 3.8) is 0 Å². The number of carbonyl (C=O) groups is 2. The highest BCUT2D eigenvalue weighted by molar-refractivity contribution is 5.93. The molecule has 2 unspecified atom stereocenters. The van der Waals surface area contributed by atoms with Crippen molar-refractivity contribution in [1.82, 2.24) is 14.7 Å². The van der Waals surface area contributed by atoms with Crippen molar-refractivity contribution in [2.45, 2.75) is 59.8 Å². The summed E-state index contributed by atoms with van der Waals surface area (Å²) in [5.74, 6) is 1.44.